The number of hydrogen-bond acceptors (Lipinski definition) is 4. The SMILES string of the molecule is CS(=O)(=O)c1ccccc1C(=O)Nc1cccc(C(N)=O)c1. The van der Waals surface area contributed by atoms with E-state index in [2.05, 4.69) is 5.32 Å². The van der Waals surface area contributed by atoms with E-state index in [9.17, 15) is 18.0 Å². The third kappa shape index (κ3) is 3.50. The van der Waals surface area contributed by atoms with Gasteiger partial charge in [0.2, 0.25) is 5.91 Å². The maximum Gasteiger partial charge on any atom is 0.256 e. The van der Waals surface area contributed by atoms with Crippen molar-refractivity contribution in [3.8, 4) is 0 Å². The lowest BCUT2D eigenvalue weighted by Gasteiger charge is -2.09. The van der Waals surface area contributed by atoms with Crippen molar-refractivity contribution in [2.45, 2.75) is 4.90 Å². The fourth-order valence-electron chi connectivity index (χ4n) is 1.93. The molecule has 2 amide bonds. The molecule has 6 nitrogen and oxygen atoms in total. The Balaban J connectivity index is 2.35. The lowest BCUT2D eigenvalue weighted by molar-refractivity contribution is 0.0995. The quantitative estimate of drug-likeness (QED) is 0.889. The number of rotatable bonds is 4. The fraction of sp³-hybridized carbons (Fsp3) is 0.0667. The molecule has 0 saturated heterocycles. The molecule has 3 N–H and O–H groups in total. The van der Waals surface area contributed by atoms with Gasteiger partial charge < -0.3 is 11.1 Å². The van der Waals surface area contributed by atoms with Gasteiger partial charge >= 0.3 is 0 Å². The Morgan fingerprint density at radius 2 is 1.73 bits per heavy atom. The predicted octanol–water partition coefficient (Wildman–Crippen LogP) is 1.44. The topological polar surface area (TPSA) is 106 Å². The van der Waals surface area contributed by atoms with Crippen molar-refractivity contribution in [3.63, 3.8) is 0 Å². The van der Waals surface area contributed by atoms with Gasteiger partial charge in [-0.05, 0) is 30.3 Å². The highest BCUT2D eigenvalue weighted by Crippen LogP contribution is 2.18. The highest BCUT2D eigenvalue weighted by atomic mass is 32.2. The van der Waals surface area contributed by atoms with Crippen LogP contribution in [0.1, 0.15) is 20.7 Å². The summed E-state index contributed by atoms with van der Waals surface area (Å²) in [5.74, 6) is -1.20. The minimum absolute atomic E-state index is 0.0366. The van der Waals surface area contributed by atoms with Crippen LogP contribution >= 0.6 is 0 Å². The minimum Gasteiger partial charge on any atom is -0.366 e. The maximum atomic E-state index is 12.3. The molecule has 0 radical (unpaired) electrons. The van der Waals surface area contributed by atoms with Gasteiger partial charge in [0.25, 0.3) is 5.91 Å². The van der Waals surface area contributed by atoms with Gasteiger partial charge in [-0.25, -0.2) is 8.42 Å². The lowest BCUT2D eigenvalue weighted by atomic mass is 10.1. The number of benzene rings is 2. The van der Waals surface area contributed by atoms with E-state index in [0.717, 1.165) is 6.26 Å². The van der Waals surface area contributed by atoms with Gasteiger partial charge in [-0.15, -0.1) is 0 Å². The molecule has 2 aromatic carbocycles. The molecule has 0 bridgehead atoms. The summed E-state index contributed by atoms with van der Waals surface area (Å²) in [6.07, 6.45) is 1.03. The van der Waals surface area contributed by atoms with E-state index in [-0.39, 0.29) is 16.0 Å². The first-order valence-corrected chi connectivity index (χ1v) is 8.18. The molecular formula is C15H14N2O4S. The first kappa shape index (κ1) is 15.7. The summed E-state index contributed by atoms with van der Waals surface area (Å²) in [4.78, 5) is 23.3. The molecule has 0 aromatic heterocycles. The van der Waals surface area contributed by atoms with Crippen LogP contribution in [0.4, 0.5) is 5.69 Å². The standard InChI is InChI=1S/C15H14N2O4S/c1-22(20,21)13-8-3-2-7-12(13)15(19)17-11-6-4-5-10(9-11)14(16)18/h2-9H,1H3,(H2,16,18)(H,17,19). The minimum atomic E-state index is -3.53. The summed E-state index contributed by atoms with van der Waals surface area (Å²) in [6, 6.07) is 12.0. The van der Waals surface area contributed by atoms with Crippen LogP contribution in [0.2, 0.25) is 0 Å². The van der Waals surface area contributed by atoms with Crippen molar-refractivity contribution in [1.82, 2.24) is 0 Å². The summed E-state index contributed by atoms with van der Waals surface area (Å²) >= 11 is 0. The Morgan fingerprint density at radius 1 is 1.05 bits per heavy atom. The van der Waals surface area contributed by atoms with Crippen molar-refractivity contribution in [2.24, 2.45) is 5.73 Å². The molecule has 0 aliphatic rings. The molecule has 2 aromatic rings. The first-order chi connectivity index (χ1) is 10.3. The second kappa shape index (κ2) is 5.98. The Morgan fingerprint density at radius 3 is 2.36 bits per heavy atom. The molecule has 0 saturated carbocycles. The van der Waals surface area contributed by atoms with Crippen LogP contribution in [0, 0.1) is 0 Å². The van der Waals surface area contributed by atoms with E-state index < -0.39 is 21.7 Å². The average Bonchev–Trinajstić information content (AvgIpc) is 2.46. The van der Waals surface area contributed by atoms with Crippen molar-refractivity contribution < 1.29 is 18.0 Å². The first-order valence-electron chi connectivity index (χ1n) is 6.29. The van der Waals surface area contributed by atoms with Gasteiger partial charge in [-0.1, -0.05) is 18.2 Å². The number of sulfone groups is 1. The van der Waals surface area contributed by atoms with Gasteiger partial charge in [-0.2, -0.15) is 0 Å². The van der Waals surface area contributed by atoms with E-state index in [4.69, 9.17) is 5.73 Å². The van der Waals surface area contributed by atoms with Crippen molar-refractivity contribution in [1.29, 1.82) is 0 Å². The molecule has 0 unspecified atom stereocenters. The zero-order valence-corrected chi connectivity index (χ0v) is 12.6. The zero-order chi connectivity index (χ0) is 16.3. The number of nitrogens with one attached hydrogen (secondary N) is 1. The average molecular weight is 318 g/mol. The van der Waals surface area contributed by atoms with Gasteiger partial charge in [0.05, 0.1) is 10.5 Å². The van der Waals surface area contributed by atoms with Gasteiger partial charge in [0, 0.05) is 17.5 Å². The third-order valence-electron chi connectivity index (χ3n) is 2.94. The Labute approximate surface area is 127 Å². The number of anilines is 1. The number of carbonyl (C=O) groups excluding carboxylic acids is 2. The summed E-state index contributed by atoms with van der Waals surface area (Å²) in [7, 11) is -3.53. The second-order valence-electron chi connectivity index (χ2n) is 4.67. The van der Waals surface area contributed by atoms with E-state index in [1.54, 1.807) is 24.3 Å². The largest absolute Gasteiger partial charge is 0.366 e. The fourth-order valence-corrected chi connectivity index (χ4v) is 2.81. The van der Waals surface area contributed by atoms with Crippen molar-refractivity contribution in [3.05, 3.63) is 59.7 Å². The number of amides is 2. The van der Waals surface area contributed by atoms with E-state index in [0.29, 0.717) is 5.69 Å². The molecule has 0 atom stereocenters. The number of nitrogens with two attached hydrogens (primary N) is 1. The van der Waals surface area contributed by atoms with Crippen molar-refractivity contribution >= 4 is 27.3 Å². The van der Waals surface area contributed by atoms with Crippen LogP contribution in [-0.2, 0) is 9.84 Å². The Kier molecular flexibility index (Phi) is 4.27. The van der Waals surface area contributed by atoms with Gasteiger partial charge in [0.15, 0.2) is 9.84 Å². The Bertz CT molecular complexity index is 844. The molecule has 0 aliphatic carbocycles. The predicted molar refractivity (Wildman–Crippen MR) is 82.5 cm³/mol. The molecule has 0 spiro atoms. The Hall–Kier alpha value is -2.67. The summed E-state index contributed by atoms with van der Waals surface area (Å²) in [6.45, 7) is 0. The van der Waals surface area contributed by atoms with Crippen LogP contribution in [0.3, 0.4) is 0 Å². The molecule has 0 heterocycles. The second-order valence-corrected chi connectivity index (χ2v) is 6.65. The van der Waals surface area contributed by atoms with E-state index >= 15 is 0 Å². The normalized spacial score (nSPS) is 11.0. The number of primary amides is 1. The van der Waals surface area contributed by atoms with Crippen LogP contribution in [0.15, 0.2) is 53.4 Å². The van der Waals surface area contributed by atoms with Gasteiger partial charge in [0.1, 0.15) is 0 Å². The smallest absolute Gasteiger partial charge is 0.256 e. The van der Waals surface area contributed by atoms with Crippen LogP contribution in [-0.4, -0.2) is 26.5 Å². The number of hydrogen-bond donors (Lipinski definition) is 2. The molecule has 7 heteroatoms. The molecule has 114 valence electrons. The highest BCUT2D eigenvalue weighted by Gasteiger charge is 2.18. The molecule has 2 rings (SSSR count). The molecule has 0 fully saturated rings. The monoisotopic (exact) mass is 318 g/mol. The number of carbonyl (C=O) groups is 2. The van der Waals surface area contributed by atoms with Crippen LogP contribution in [0.25, 0.3) is 0 Å². The van der Waals surface area contributed by atoms with Gasteiger partial charge in [-0.3, -0.25) is 9.59 Å². The van der Waals surface area contributed by atoms with E-state index in [1.165, 1.54) is 24.3 Å². The van der Waals surface area contributed by atoms with Crippen LogP contribution in [0.5, 0.6) is 0 Å². The zero-order valence-electron chi connectivity index (χ0n) is 11.7. The van der Waals surface area contributed by atoms with E-state index in [1.807, 2.05) is 0 Å². The highest BCUT2D eigenvalue weighted by molar-refractivity contribution is 7.90. The maximum absolute atomic E-state index is 12.3. The summed E-state index contributed by atoms with van der Waals surface area (Å²) in [5, 5.41) is 2.55. The molecule has 22 heavy (non-hydrogen) atoms. The third-order valence-corrected chi connectivity index (χ3v) is 4.09. The summed E-state index contributed by atoms with van der Waals surface area (Å²) < 4.78 is 23.4. The van der Waals surface area contributed by atoms with Crippen LogP contribution < -0.4 is 11.1 Å². The van der Waals surface area contributed by atoms with Crippen molar-refractivity contribution in [2.75, 3.05) is 11.6 Å². The molecule has 0 aliphatic heterocycles. The molecular weight excluding hydrogens is 304 g/mol. The lowest BCUT2D eigenvalue weighted by Crippen LogP contribution is -2.17. The summed E-state index contributed by atoms with van der Waals surface area (Å²) in [5.41, 5.74) is 5.81.